The van der Waals surface area contributed by atoms with Crippen LogP contribution in [0.3, 0.4) is 0 Å². The van der Waals surface area contributed by atoms with Crippen LogP contribution in [0.1, 0.15) is 5.56 Å². The lowest BCUT2D eigenvalue weighted by molar-refractivity contribution is 0.350. The summed E-state index contributed by atoms with van der Waals surface area (Å²) in [5, 5.41) is 8.61. The van der Waals surface area contributed by atoms with Gasteiger partial charge in [-0.3, -0.25) is 9.71 Å². The minimum Gasteiger partial charge on any atom is -0.384 e. The SMILES string of the molecule is O=S(=O)(Nc1cc(C#CCO)ccn1)c1cncc(F)c1. The second-order valence-electron chi connectivity index (χ2n) is 3.83. The van der Waals surface area contributed by atoms with Gasteiger partial charge in [0.1, 0.15) is 23.1 Å². The summed E-state index contributed by atoms with van der Waals surface area (Å²) in [6.07, 6.45) is 3.30. The molecule has 6 nitrogen and oxygen atoms in total. The number of halogens is 1. The second-order valence-corrected chi connectivity index (χ2v) is 5.52. The van der Waals surface area contributed by atoms with Gasteiger partial charge in [-0.15, -0.1) is 0 Å². The molecular formula is C13H10FN3O3S. The van der Waals surface area contributed by atoms with Crippen LogP contribution in [0.2, 0.25) is 0 Å². The monoisotopic (exact) mass is 307 g/mol. The van der Waals surface area contributed by atoms with Crippen molar-refractivity contribution in [3.05, 3.63) is 48.2 Å². The molecule has 2 aromatic rings. The van der Waals surface area contributed by atoms with E-state index in [2.05, 4.69) is 26.5 Å². The number of nitrogens with zero attached hydrogens (tertiary/aromatic N) is 2. The summed E-state index contributed by atoms with van der Waals surface area (Å²) in [6.45, 7) is -0.307. The van der Waals surface area contributed by atoms with Crippen molar-refractivity contribution in [3.8, 4) is 11.8 Å². The zero-order valence-electron chi connectivity index (χ0n) is 10.6. The fourth-order valence-corrected chi connectivity index (χ4v) is 2.41. The maximum atomic E-state index is 13.0. The van der Waals surface area contributed by atoms with E-state index in [-0.39, 0.29) is 17.3 Å². The predicted molar refractivity (Wildman–Crippen MR) is 73.2 cm³/mol. The van der Waals surface area contributed by atoms with E-state index in [0.717, 1.165) is 18.5 Å². The average Bonchev–Trinajstić information content (AvgIpc) is 2.45. The van der Waals surface area contributed by atoms with E-state index in [4.69, 9.17) is 5.11 Å². The van der Waals surface area contributed by atoms with Crippen molar-refractivity contribution in [3.63, 3.8) is 0 Å². The van der Waals surface area contributed by atoms with Crippen molar-refractivity contribution in [2.45, 2.75) is 4.90 Å². The van der Waals surface area contributed by atoms with Crippen LogP contribution in [0.15, 0.2) is 41.7 Å². The first-order valence-corrected chi connectivity index (χ1v) is 7.19. The highest BCUT2D eigenvalue weighted by Gasteiger charge is 2.16. The molecule has 0 fully saturated rings. The average molecular weight is 307 g/mol. The fourth-order valence-electron chi connectivity index (χ4n) is 1.44. The Morgan fingerprint density at radius 2 is 2.14 bits per heavy atom. The lowest BCUT2D eigenvalue weighted by atomic mass is 10.2. The Hall–Kier alpha value is -2.50. The van der Waals surface area contributed by atoms with Gasteiger partial charge in [-0.25, -0.2) is 17.8 Å². The van der Waals surface area contributed by atoms with E-state index in [0.29, 0.717) is 5.56 Å². The van der Waals surface area contributed by atoms with Crippen LogP contribution in [-0.4, -0.2) is 30.1 Å². The van der Waals surface area contributed by atoms with Crippen molar-refractivity contribution in [2.75, 3.05) is 11.3 Å². The maximum Gasteiger partial charge on any atom is 0.264 e. The predicted octanol–water partition coefficient (Wildman–Crippen LogP) is 0.760. The molecule has 0 aliphatic heterocycles. The van der Waals surface area contributed by atoms with Crippen LogP contribution >= 0.6 is 0 Å². The van der Waals surface area contributed by atoms with Crippen molar-refractivity contribution in [1.29, 1.82) is 0 Å². The Balaban J connectivity index is 2.29. The number of hydrogen-bond acceptors (Lipinski definition) is 5. The van der Waals surface area contributed by atoms with Crippen LogP contribution in [-0.2, 0) is 10.0 Å². The summed E-state index contributed by atoms with van der Waals surface area (Å²) in [4.78, 5) is 7.02. The molecule has 2 aromatic heterocycles. The number of nitrogens with one attached hydrogen (secondary N) is 1. The van der Waals surface area contributed by atoms with E-state index in [1.165, 1.54) is 12.3 Å². The minimum atomic E-state index is -3.99. The lowest BCUT2D eigenvalue weighted by Gasteiger charge is -2.07. The van der Waals surface area contributed by atoms with Crippen molar-refractivity contribution in [1.82, 2.24) is 9.97 Å². The molecule has 0 aromatic carbocycles. The van der Waals surface area contributed by atoms with Gasteiger partial charge in [0.25, 0.3) is 10.0 Å². The highest BCUT2D eigenvalue weighted by Crippen LogP contribution is 2.14. The molecule has 0 atom stereocenters. The van der Waals surface area contributed by atoms with Crippen LogP contribution in [0.25, 0.3) is 0 Å². The molecule has 0 aliphatic carbocycles. The molecule has 0 spiro atoms. The smallest absolute Gasteiger partial charge is 0.264 e. The van der Waals surface area contributed by atoms with Crippen LogP contribution < -0.4 is 4.72 Å². The number of anilines is 1. The van der Waals surface area contributed by atoms with Gasteiger partial charge in [-0.1, -0.05) is 11.8 Å². The van der Waals surface area contributed by atoms with Gasteiger partial charge in [-0.2, -0.15) is 0 Å². The first-order valence-electron chi connectivity index (χ1n) is 5.70. The number of pyridine rings is 2. The summed E-state index contributed by atoms with van der Waals surface area (Å²) in [6, 6.07) is 3.81. The van der Waals surface area contributed by atoms with E-state index < -0.39 is 15.8 Å². The van der Waals surface area contributed by atoms with Gasteiger partial charge in [0.05, 0.1) is 6.20 Å². The topological polar surface area (TPSA) is 92.2 Å². The number of aromatic nitrogens is 2. The van der Waals surface area contributed by atoms with E-state index in [1.54, 1.807) is 6.07 Å². The highest BCUT2D eigenvalue weighted by molar-refractivity contribution is 7.92. The third-order valence-electron chi connectivity index (χ3n) is 2.30. The molecular weight excluding hydrogens is 297 g/mol. The highest BCUT2D eigenvalue weighted by atomic mass is 32.2. The molecule has 8 heteroatoms. The lowest BCUT2D eigenvalue weighted by Crippen LogP contribution is -2.14. The van der Waals surface area contributed by atoms with E-state index >= 15 is 0 Å². The van der Waals surface area contributed by atoms with Crippen LogP contribution in [0, 0.1) is 17.7 Å². The Kier molecular flexibility index (Phi) is 4.47. The molecule has 108 valence electrons. The van der Waals surface area contributed by atoms with Gasteiger partial charge in [0, 0.05) is 18.0 Å². The van der Waals surface area contributed by atoms with E-state index in [1.807, 2.05) is 0 Å². The molecule has 0 amide bonds. The summed E-state index contributed by atoms with van der Waals surface area (Å²) in [5.74, 6) is 4.33. The molecule has 0 unspecified atom stereocenters. The van der Waals surface area contributed by atoms with Crippen molar-refractivity contribution < 1.29 is 17.9 Å². The Bertz CT molecular complexity index is 813. The van der Waals surface area contributed by atoms with Crippen LogP contribution in [0.4, 0.5) is 10.2 Å². The number of sulfonamides is 1. The summed E-state index contributed by atoms with van der Waals surface area (Å²) in [5.41, 5.74) is 0.481. The molecule has 2 heterocycles. The molecule has 0 aliphatic rings. The Morgan fingerprint density at radius 1 is 1.33 bits per heavy atom. The minimum absolute atomic E-state index is 0.0315. The van der Waals surface area contributed by atoms with E-state index in [9.17, 15) is 12.8 Å². The molecule has 0 radical (unpaired) electrons. The molecule has 2 rings (SSSR count). The van der Waals surface area contributed by atoms with Gasteiger partial charge in [-0.05, 0) is 18.2 Å². The quantitative estimate of drug-likeness (QED) is 0.817. The third-order valence-corrected chi connectivity index (χ3v) is 3.62. The molecule has 0 saturated heterocycles. The summed E-state index contributed by atoms with van der Waals surface area (Å²) in [7, 11) is -3.99. The first kappa shape index (κ1) is 14.9. The zero-order valence-corrected chi connectivity index (χ0v) is 11.4. The van der Waals surface area contributed by atoms with Crippen molar-refractivity contribution >= 4 is 15.8 Å². The Labute approximate surface area is 120 Å². The number of rotatable bonds is 3. The standard InChI is InChI=1S/C13H10FN3O3S/c14-11-7-12(9-15-8-11)21(19,20)17-13-6-10(2-1-5-18)3-4-16-13/h3-4,6-9,18H,5H2,(H,16,17). The molecule has 2 N–H and O–H groups in total. The van der Waals surface area contributed by atoms with Crippen LogP contribution in [0.5, 0.6) is 0 Å². The molecule has 0 bridgehead atoms. The maximum absolute atomic E-state index is 13.0. The third kappa shape index (κ3) is 3.98. The first-order chi connectivity index (χ1) is 10.0. The van der Waals surface area contributed by atoms with Gasteiger partial charge >= 0.3 is 0 Å². The van der Waals surface area contributed by atoms with Crippen molar-refractivity contribution in [2.24, 2.45) is 0 Å². The zero-order chi connectivity index (χ0) is 15.3. The summed E-state index contributed by atoms with van der Waals surface area (Å²) >= 11 is 0. The molecule has 21 heavy (non-hydrogen) atoms. The molecule has 0 saturated carbocycles. The van der Waals surface area contributed by atoms with Gasteiger partial charge < -0.3 is 5.11 Å². The number of hydrogen-bond donors (Lipinski definition) is 2. The second kappa shape index (κ2) is 6.30. The fraction of sp³-hybridized carbons (Fsp3) is 0.0769. The van der Waals surface area contributed by atoms with Gasteiger partial charge in [0.15, 0.2) is 0 Å². The van der Waals surface area contributed by atoms with Gasteiger partial charge in [0.2, 0.25) is 0 Å². The number of aliphatic hydroxyl groups is 1. The number of aliphatic hydroxyl groups excluding tert-OH is 1. The summed E-state index contributed by atoms with van der Waals surface area (Å²) < 4.78 is 39.3. The Morgan fingerprint density at radius 3 is 2.86 bits per heavy atom. The largest absolute Gasteiger partial charge is 0.384 e. The normalized spacial score (nSPS) is 10.6.